The number of nitrogens with zero attached hydrogens (tertiary/aromatic N) is 4. The summed E-state index contributed by atoms with van der Waals surface area (Å²) >= 11 is 0. The summed E-state index contributed by atoms with van der Waals surface area (Å²) < 4.78 is 10.2. The second-order valence-corrected chi connectivity index (χ2v) is 4.75. The lowest BCUT2D eigenvalue weighted by Gasteiger charge is -1.91. The van der Waals surface area contributed by atoms with Gasteiger partial charge in [-0.2, -0.15) is 4.40 Å². The Morgan fingerprint density at radius 2 is 2.05 bits per heavy atom. The molecule has 0 fully saturated rings. The average Bonchev–Trinajstić information content (AvgIpc) is 3.05. The predicted octanol–water partition coefficient (Wildman–Crippen LogP) is 1.79. The molecule has 90 valence electrons. The van der Waals surface area contributed by atoms with Crippen molar-refractivity contribution in [1.29, 1.82) is 0 Å². The van der Waals surface area contributed by atoms with Crippen LogP contribution in [0, 0.1) is 0 Å². The number of imidazole rings is 1. The molecule has 0 N–H and O–H groups in total. The molecule has 4 aromatic heterocycles. The third kappa shape index (κ3) is 1.03. The molecule has 19 heavy (non-hydrogen) atoms. The largest absolute Gasteiger partial charge is 0.415 e. The van der Waals surface area contributed by atoms with Gasteiger partial charge in [-0.3, -0.25) is 9.97 Å². The lowest BCUT2D eigenvalue weighted by molar-refractivity contribution is -0.671. The van der Waals surface area contributed by atoms with Crippen molar-refractivity contribution < 1.29 is 8.98 Å². The molecular weight excluding hydrogens is 240 g/mol. The number of hydrogen-bond donors (Lipinski definition) is 0. The molecule has 0 atom stereocenters. The summed E-state index contributed by atoms with van der Waals surface area (Å²) in [5, 5.41) is 0. The lowest BCUT2D eigenvalue weighted by Crippen LogP contribution is -2.29. The van der Waals surface area contributed by atoms with E-state index in [9.17, 15) is 0 Å². The van der Waals surface area contributed by atoms with Crippen LogP contribution in [0.2, 0.25) is 0 Å². The van der Waals surface area contributed by atoms with Crippen LogP contribution < -0.4 is 4.57 Å². The second-order valence-electron chi connectivity index (χ2n) is 4.75. The maximum atomic E-state index is 5.97. The highest BCUT2D eigenvalue weighted by Gasteiger charge is 2.32. The molecule has 0 unspecified atom stereocenters. The molecule has 1 aliphatic heterocycles. The first kappa shape index (κ1) is 9.27. The van der Waals surface area contributed by atoms with Crippen LogP contribution in [-0.2, 0) is 6.54 Å². The van der Waals surface area contributed by atoms with E-state index in [4.69, 9.17) is 4.42 Å². The zero-order valence-corrected chi connectivity index (χ0v) is 9.95. The van der Waals surface area contributed by atoms with Crippen molar-refractivity contribution in [3.63, 3.8) is 0 Å². The number of pyridine rings is 2. The maximum absolute atomic E-state index is 5.97. The Balaban J connectivity index is 1.97. The minimum Gasteiger partial charge on any atom is -0.415 e. The monoisotopic (exact) mass is 249 g/mol. The SMILES string of the molecule is c1cc2c(cn1)-c1c3oc4ccncc4n3c[n+]1C2. The molecule has 4 aromatic rings. The van der Waals surface area contributed by atoms with E-state index >= 15 is 0 Å². The molecular formula is C14H9N4O+. The lowest BCUT2D eigenvalue weighted by atomic mass is 10.1. The van der Waals surface area contributed by atoms with Crippen molar-refractivity contribution in [3.8, 4) is 11.3 Å². The third-order valence-electron chi connectivity index (χ3n) is 3.70. The molecule has 5 heterocycles. The van der Waals surface area contributed by atoms with E-state index in [-0.39, 0.29) is 0 Å². The van der Waals surface area contributed by atoms with Gasteiger partial charge in [0.25, 0.3) is 6.33 Å². The quantitative estimate of drug-likeness (QED) is 0.393. The molecule has 0 aliphatic carbocycles. The van der Waals surface area contributed by atoms with E-state index in [1.807, 2.05) is 29.1 Å². The van der Waals surface area contributed by atoms with Crippen LogP contribution >= 0.6 is 0 Å². The van der Waals surface area contributed by atoms with Gasteiger partial charge in [0.05, 0.1) is 11.8 Å². The molecule has 0 saturated heterocycles. The first-order valence-corrected chi connectivity index (χ1v) is 6.12. The van der Waals surface area contributed by atoms with Crippen molar-refractivity contribution in [3.05, 3.63) is 48.8 Å². The summed E-state index contributed by atoms with van der Waals surface area (Å²) in [4.78, 5) is 8.38. The van der Waals surface area contributed by atoms with Gasteiger partial charge in [-0.15, -0.1) is 0 Å². The summed E-state index contributed by atoms with van der Waals surface area (Å²) in [6.07, 6.45) is 9.37. The fourth-order valence-corrected chi connectivity index (χ4v) is 2.85. The summed E-state index contributed by atoms with van der Waals surface area (Å²) in [7, 11) is 0. The van der Waals surface area contributed by atoms with Crippen LogP contribution in [0.3, 0.4) is 0 Å². The standard InChI is InChI=1S/C14H9N4O/c1-3-15-5-10-9(1)7-17-8-18-11-6-16-4-2-12(11)19-14(18)13(10)17/h1-6,8H,7H2/q+1. The summed E-state index contributed by atoms with van der Waals surface area (Å²) in [5.41, 5.74) is 6.23. The predicted molar refractivity (Wildman–Crippen MR) is 67.5 cm³/mol. The van der Waals surface area contributed by atoms with Gasteiger partial charge in [-0.1, -0.05) is 0 Å². The Bertz CT molecular complexity index is 951. The van der Waals surface area contributed by atoms with Crippen LogP contribution in [0.1, 0.15) is 5.56 Å². The van der Waals surface area contributed by atoms with Crippen molar-refractivity contribution in [2.75, 3.05) is 0 Å². The fourth-order valence-electron chi connectivity index (χ4n) is 2.85. The Morgan fingerprint density at radius 1 is 1.16 bits per heavy atom. The molecule has 5 rings (SSSR count). The van der Waals surface area contributed by atoms with Gasteiger partial charge in [0.1, 0.15) is 6.54 Å². The van der Waals surface area contributed by atoms with Crippen LogP contribution in [0.4, 0.5) is 0 Å². The number of hydrogen-bond acceptors (Lipinski definition) is 3. The van der Waals surface area contributed by atoms with Crippen LogP contribution in [-0.4, -0.2) is 14.4 Å². The molecule has 0 spiro atoms. The molecule has 0 amide bonds. The molecule has 5 nitrogen and oxygen atoms in total. The first-order valence-electron chi connectivity index (χ1n) is 6.12. The number of rotatable bonds is 0. The van der Waals surface area contributed by atoms with E-state index in [2.05, 4.69) is 26.9 Å². The van der Waals surface area contributed by atoms with E-state index < -0.39 is 0 Å². The molecule has 0 radical (unpaired) electrons. The van der Waals surface area contributed by atoms with Crippen LogP contribution in [0.5, 0.6) is 0 Å². The third-order valence-corrected chi connectivity index (χ3v) is 3.70. The van der Waals surface area contributed by atoms with Crippen molar-refractivity contribution in [2.24, 2.45) is 0 Å². The topological polar surface area (TPSA) is 47.2 Å². The smallest absolute Gasteiger partial charge is 0.344 e. The van der Waals surface area contributed by atoms with Crippen LogP contribution in [0.15, 0.2) is 47.7 Å². The van der Waals surface area contributed by atoms with Gasteiger partial charge in [0.2, 0.25) is 5.69 Å². The van der Waals surface area contributed by atoms with E-state index in [0.717, 1.165) is 34.6 Å². The first-order chi connectivity index (χ1) is 9.42. The van der Waals surface area contributed by atoms with Gasteiger partial charge in [0.15, 0.2) is 11.1 Å². The van der Waals surface area contributed by atoms with Gasteiger partial charge in [0, 0.05) is 30.2 Å². The van der Waals surface area contributed by atoms with Crippen LogP contribution in [0.25, 0.3) is 28.1 Å². The van der Waals surface area contributed by atoms with Crippen molar-refractivity contribution in [1.82, 2.24) is 14.4 Å². The number of oxazole rings is 1. The van der Waals surface area contributed by atoms with E-state index in [1.165, 1.54) is 5.56 Å². The summed E-state index contributed by atoms with van der Waals surface area (Å²) in [5.74, 6) is 0. The zero-order chi connectivity index (χ0) is 12.4. The maximum Gasteiger partial charge on any atom is 0.344 e. The molecule has 5 heteroatoms. The molecule has 1 aliphatic rings. The Labute approximate surface area is 107 Å². The molecule has 0 aromatic carbocycles. The second kappa shape index (κ2) is 3.00. The van der Waals surface area contributed by atoms with Gasteiger partial charge >= 0.3 is 5.71 Å². The van der Waals surface area contributed by atoms with Crippen molar-refractivity contribution in [2.45, 2.75) is 6.54 Å². The Hall–Kier alpha value is -2.69. The Kier molecular flexibility index (Phi) is 1.46. The average molecular weight is 249 g/mol. The summed E-state index contributed by atoms with van der Waals surface area (Å²) in [6, 6.07) is 3.95. The van der Waals surface area contributed by atoms with Gasteiger partial charge in [-0.25, -0.2) is 4.57 Å². The van der Waals surface area contributed by atoms with Crippen molar-refractivity contribution >= 4 is 16.8 Å². The number of fused-ring (bicyclic) bond motifs is 7. The highest BCUT2D eigenvalue weighted by molar-refractivity contribution is 5.82. The number of aromatic nitrogens is 4. The Morgan fingerprint density at radius 3 is 3.05 bits per heavy atom. The van der Waals surface area contributed by atoms with E-state index in [1.54, 1.807) is 6.20 Å². The highest BCUT2D eigenvalue weighted by Crippen LogP contribution is 2.32. The minimum atomic E-state index is 0.853. The van der Waals surface area contributed by atoms with Gasteiger partial charge in [-0.05, 0) is 6.07 Å². The highest BCUT2D eigenvalue weighted by atomic mass is 16.3. The van der Waals surface area contributed by atoms with Gasteiger partial charge < -0.3 is 4.42 Å². The molecule has 0 bridgehead atoms. The minimum absolute atomic E-state index is 0.853. The summed E-state index contributed by atoms with van der Waals surface area (Å²) in [6.45, 7) is 0.867. The zero-order valence-electron chi connectivity index (χ0n) is 9.95. The van der Waals surface area contributed by atoms with E-state index in [0.29, 0.717) is 0 Å². The normalized spacial score (nSPS) is 13.1. The molecule has 0 saturated carbocycles. The fraction of sp³-hybridized carbons (Fsp3) is 0.0714.